The van der Waals surface area contributed by atoms with Gasteiger partial charge in [0.15, 0.2) is 0 Å². The van der Waals surface area contributed by atoms with Crippen LogP contribution >= 0.6 is 0 Å². The third-order valence-electron chi connectivity index (χ3n) is 3.33. The van der Waals surface area contributed by atoms with Crippen molar-refractivity contribution in [2.24, 2.45) is 12.8 Å². The lowest BCUT2D eigenvalue weighted by Gasteiger charge is -2.11. The monoisotopic (exact) mass is 229 g/mol. The van der Waals surface area contributed by atoms with E-state index in [0.29, 0.717) is 6.04 Å². The molecule has 2 unspecified atom stereocenters. The van der Waals surface area contributed by atoms with E-state index < -0.39 is 0 Å². The van der Waals surface area contributed by atoms with Gasteiger partial charge in [0.2, 0.25) is 0 Å². The molecular weight excluding hydrogens is 214 g/mol. The summed E-state index contributed by atoms with van der Waals surface area (Å²) in [6.07, 6.45) is 0.976. The molecule has 88 valence electrons. The first-order valence-corrected chi connectivity index (χ1v) is 5.78. The molecule has 0 spiro atoms. The minimum absolute atomic E-state index is 0.000390. The fourth-order valence-corrected chi connectivity index (χ4v) is 2.11. The Labute approximate surface area is 99.0 Å². The van der Waals surface area contributed by atoms with Crippen molar-refractivity contribution < 1.29 is 0 Å². The maximum Gasteiger partial charge on any atom is 0.252 e. The van der Waals surface area contributed by atoms with Gasteiger partial charge < -0.3 is 15.6 Å². The van der Waals surface area contributed by atoms with Crippen LogP contribution in [0.5, 0.6) is 0 Å². The Bertz CT molecular complexity index is 632. The molecule has 1 heterocycles. The van der Waals surface area contributed by atoms with Gasteiger partial charge in [0.25, 0.3) is 5.56 Å². The van der Waals surface area contributed by atoms with E-state index >= 15 is 0 Å². The van der Waals surface area contributed by atoms with Crippen LogP contribution in [0.3, 0.4) is 0 Å². The number of nitrogens with one attached hydrogen (secondary N) is 1. The number of pyridine rings is 1. The van der Waals surface area contributed by atoms with Gasteiger partial charge in [-0.05, 0) is 12.5 Å². The van der Waals surface area contributed by atoms with Gasteiger partial charge in [-0.3, -0.25) is 4.79 Å². The summed E-state index contributed by atoms with van der Waals surface area (Å²) >= 11 is 0. The second-order valence-corrected chi connectivity index (χ2v) is 4.62. The number of benzene rings is 1. The van der Waals surface area contributed by atoms with Gasteiger partial charge in [-0.15, -0.1) is 0 Å². The summed E-state index contributed by atoms with van der Waals surface area (Å²) in [6, 6.07) is 10.1. The first kappa shape index (κ1) is 10.4. The molecule has 2 aromatic rings. The predicted octanol–water partition coefficient (Wildman–Crippen LogP) is 1.05. The summed E-state index contributed by atoms with van der Waals surface area (Å²) < 4.78 is 1.66. The number of anilines is 1. The van der Waals surface area contributed by atoms with E-state index in [9.17, 15) is 4.79 Å². The highest BCUT2D eigenvalue weighted by atomic mass is 16.1. The minimum Gasteiger partial charge on any atom is -0.380 e. The number of aryl methyl sites for hydroxylation is 1. The summed E-state index contributed by atoms with van der Waals surface area (Å²) in [5.41, 5.74) is 7.61. The third kappa shape index (κ3) is 1.70. The normalized spacial score (nSPS) is 22.7. The van der Waals surface area contributed by atoms with Crippen LogP contribution in [0, 0.1) is 0 Å². The van der Waals surface area contributed by atoms with E-state index in [-0.39, 0.29) is 11.6 Å². The van der Waals surface area contributed by atoms with Crippen molar-refractivity contribution in [3.63, 3.8) is 0 Å². The number of hydrogen-bond donors (Lipinski definition) is 2. The highest BCUT2D eigenvalue weighted by Gasteiger charge is 2.33. The Morgan fingerprint density at radius 2 is 2.12 bits per heavy atom. The van der Waals surface area contributed by atoms with Crippen LogP contribution in [-0.2, 0) is 7.05 Å². The van der Waals surface area contributed by atoms with Crippen LogP contribution in [0.15, 0.2) is 35.1 Å². The molecule has 1 aliphatic carbocycles. The number of aromatic nitrogens is 1. The second kappa shape index (κ2) is 3.60. The Hall–Kier alpha value is -1.81. The molecule has 0 aliphatic heterocycles. The van der Waals surface area contributed by atoms with E-state index in [2.05, 4.69) is 5.32 Å². The van der Waals surface area contributed by atoms with Gasteiger partial charge in [0.1, 0.15) is 0 Å². The van der Waals surface area contributed by atoms with Gasteiger partial charge >= 0.3 is 0 Å². The summed E-state index contributed by atoms with van der Waals surface area (Å²) in [5.74, 6) is 0. The maximum atomic E-state index is 11.8. The topological polar surface area (TPSA) is 60.0 Å². The number of hydrogen-bond acceptors (Lipinski definition) is 3. The highest BCUT2D eigenvalue weighted by molar-refractivity contribution is 5.91. The van der Waals surface area contributed by atoms with Crippen LogP contribution < -0.4 is 16.6 Å². The van der Waals surface area contributed by atoms with Crippen molar-refractivity contribution in [1.29, 1.82) is 0 Å². The number of fused-ring (bicyclic) bond motifs is 1. The average Bonchev–Trinajstić information content (AvgIpc) is 3.02. The molecule has 1 aromatic heterocycles. The lowest BCUT2D eigenvalue weighted by atomic mass is 10.2. The first-order valence-electron chi connectivity index (χ1n) is 5.78. The molecule has 0 saturated heterocycles. The van der Waals surface area contributed by atoms with Crippen LogP contribution in [0.2, 0.25) is 0 Å². The average molecular weight is 229 g/mol. The van der Waals surface area contributed by atoms with Gasteiger partial charge in [0.05, 0.1) is 5.52 Å². The van der Waals surface area contributed by atoms with Crippen LogP contribution in [0.4, 0.5) is 5.69 Å². The lowest BCUT2D eigenvalue weighted by molar-refractivity contribution is 0.904. The number of nitrogens with two attached hydrogens (primary N) is 1. The molecule has 3 N–H and O–H groups in total. The van der Waals surface area contributed by atoms with Crippen LogP contribution in [0.1, 0.15) is 6.42 Å². The second-order valence-electron chi connectivity index (χ2n) is 4.62. The maximum absolute atomic E-state index is 11.8. The van der Waals surface area contributed by atoms with Gasteiger partial charge in [-0.25, -0.2) is 0 Å². The Morgan fingerprint density at radius 3 is 2.82 bits per heavy atom. The Morgan fingerprint density at radius 1 is 1.41 bits per heavy atom. The quantitative estimate of drug-likeness (QED) is 0.809. The number of nitrogens with zero attached hydrogens (tertiary/aromatic N) is 1. The molecule has 4 nitrogen and oxygen atoms in total. The molecule has 17 heavy (non-hydrogen) atoms. The third-order valence-corrected chi connectivity index (χ3v) is 3.33. The molecule has 1 fully saturated rings. The fourth-order valence-electron chi connectivity index (χ4n) is 2.11. The van der Waals surface area contributed by atoms with Gasteiger partial charge in [0, 0.05) is 36.3 Å². The van der Waals surface area contributed by atoms with Crippen molar-refractivity contribution in [3.05, 3.63) is 40.7 Å². The zero-order valence-electron chi connectivity index (χ0n) is 9.68. The van der Waals surface area contributed by atoms with Crippen molar-refractivity contribution in [3.8, 4) is 0 Å². The molecule has 0 amide bonds. The highest BCUT2D eigenvalue weighted by Crippen LogP contribution is 2.27. The van der Waals surface area contributed by atoms with Crippen LogP contribution in [-0.4, -0.2) is 16.7 Å². The predicted molar refractivity (Wildman–Crippen MR) is 69.2 cm³/mol. The van der Waals surface area contributed by atoms with Gasteiger partial charge in [-0.2, -0.15) is 0 Å². The smallest absolute Gasteiger partial charge is 0.252 e. The fraction of sp³-hybridized carbons (Fsp3) is 0.308. The van der Waals surface area contributed by atoms with E-state index in [1.807, 2.05) is 24.3 Å². The van der Waals surface area contributed by atoms with E-state index in [1.165, 1.54) is 0 Å². The molecular formula is C13H15N3O. The van der Waals surface area contributed by atoms with E-state index in [4.69, 9.17) is 5.73 Å². The van der Waals surface area contributed by atoms with E-state index in [0.717, 1.165) is 23.0 Å². The first-order chi connectivity index (χ1) is 8.16. The van der Waals surface area contributed by atoms with Crippen molar-refractivity contribution in [1.82, 2.24) is 4.57 Å². The van der Waals surface area contributed by atoms with Crippen LogP contribution in [0.25, 0.3) is 10.9 Å². The summed E-state index contributed by atoms with van der Waals surface area (Å²) in [6.45, 7) is 0. The molecule has 0 bridgehead atoms. The lowest BCUT2D eigenvalue weighted by Crippen LogP contribution is -2.19. The van der Waals surface area contributed by atoms with Gasteiger partial charge in [-0.1, -0.05) is 18.2 Å². The molecule has 3 rings (SSSR count). The number of para-hydroxylation sites is 1. The molecule has 1 aliphatic rings. The Kier molecular flexibility index (Phi) is 2.19. The molecule has 0 radical (unpaired) electrons. The van der Waals surface area contributed by atoms with E-state index in [1.54, 1.807) is 17.7 Å². The molecule has 1 saturated carbocycles. The minimum atomic E-state index is 0.000390. The zero-order chi connectivity index (χ0) is 12.0. The number of rotatable bonds is 2. The summed E-state index contributed by atoms with van der Waals surface area (Å²) in [4.78, 5) is 11.8. The SMILES string of the molecule is Cn1c(=O)cc(NC2CC2N)c2ccccc21. The standard InChI is InChI=1S/C13H15N3O/c1-16-12-5-3-2-4-8(12)10(7-13(16)17)15-11-6-9(11)14/h2-5,7,9,11,15H,6,14H2,1H3. The molecule has 1 aromatic carbocycles. The summed E-state index contributed by atoms with van der Waals surface area (Å²) in [7, 11) is 1.79. The van der Waals surface area contributed by atoms with Crippen molar-refractivity contribution in [2.75, 3.05) is 5.32 Å². The molecule has 4 heteroatoms. The Balaban J connectivity index is 2.17. The molecule has 2 atom stereocenters. The van der Waals surface area contributed by atoms with Crippen molar-refractivity contribution >= 4 is 16.6 Å². The largest absolute Gasteiger partial charge is 0.380 e. The summed E-state index contributed by atoms with van der Waals surface area (Å²) in [5, 5.41) is 4.40. The van der Waals surface area contributed by atoms with Crippen molar-refractivity contribution in [2.45, 2.75) is 18.5 Å². The zero-order valence-corrected chi connectivity index (χ0v) is 9.68.